The third-order valence-corrected chi connectivity index (χ3v) is 0.414. The molecule has 0 bridgehead atoms. The van der Waals surface area contributed by atoms with Gasteiger partial charge in [-0.15, -0.1) is 24.7 Å². The third-order valence-electron chi connectivity index (χ3n) is 0.414. The van der Waals surface area contributed by atoms with E-state index >= 15 is 0 Å². The molecule has 0 aromatic heterocycles. The summed E-state index contributed by atoms with van der Waals surface area (Å²) in [7, 11) is 0. The third kappa shape index (κ3) is 3.12. The zero-order valence-corrected chi connectivity index (χ0v) is 3.57. The number of hydrogen-bond acceptors (Lipinski definition) is 0. The molecule has 0 aromatic carbocycles. The molecule has 0 saturated heterocycles. The van der Waals surface area contributed by atoms with Gasteiger partial charge in [-0.3, -0.25) is 0 Å². The zero-order valence-electron chi connectivity index (χ0n) is 3.57. The van der Waals surface area contributed by atoms with Crippen molar-refractivity contribution < 1.29 is 0 Å². The molecule has 0 spiro atoms. The smallest absolute Gasteiger partial charge is 0.0196 e. The fourth-order valence-corrected chi connectivity index (χ4v) is 0.144. The summed E-state index contributed by atoms with van der Waals surface area (Å²) in [6, 6.07) is 0. The first-order chi connectivity index (χ1) is 2.91. The molecule has 6 heavy (non-hydrogen) atoms. The Bertz CT molecular complexity index is 73.6. The van der Waals surface area contributed by atoms with Gasteiger partial charge in [0.25, 0.3) is 0 Å². The van der Waals surface area contributed by atoms with Crippen LogP contribution >= 0.6 is 0 Å². The standard InChI is InChI=1S/C6H6/c1-3-5-6-4-2/h1-2H,5-6H2. The Morgan fingerprint density at radius 3 is 1.50 bits per heavy atom. The molecule has 0 aliphatic rings. The lowest BCUT2D eigenvalue weighted by Gasteiger charge is -1.70. The van der Waals surface area contributed by atoms with Crippen LogP contribution in [0.15, 0.2) is 0 Å². The van der Waals surface area contributed by atoms with Gasteiger partial charge < -0.3 is 0 Å². The molecule has 0 heterocycles. The molecule has 30 valence electrons. The molecule has 0 aliphatic heterocycles. The minimum absolute atomic E-state index is 0.705. The van der Waals surface area contributed by atoms with Crippen molar-refractivity contribution in [1.29, 1.82) is 0 Å². The van der Waals surface area contributed by atoms with Crippen molar-refractivity contribution >= 4 is 0 Å². The van der Waals surface area contributed by atoms with Gasteiger partial charge in [0.2, 0.25) is 0 Å². The summed E-state index contributed by atoms with van der Waals surface area (Å²) in [6.07, 6.45) is 11.1. The fraction of sp³-hybridized carbons (Fsp3) is 0.333. The highest BCUT2D eigenvalue weighted by molar-refractivity contribution is 4.92. The van der Waals surface area contributed by atoms with Crippen molar-refractivity contribution in [2.75, 3.05) is 0 Å². The lowest BCUT2D eigenvalue weighted by Crippen LogP contribution is -1.58. The van der Waals surface area contributed by atoms with Crippen molar-refractivity contribution in [3.8, 4) is 24.7 Å². The van der Waals surface area contributed by atoms with E-state index in [-0.39, 0.29) is 0 Å². The molecule has 0 N–H and O–H groups in total. The van der Waals surface area contributed by atoms with E-state index in [4.69, 9.17) is 12.8 Å². The molecular weight excluding hydrogens is 72.1 g/mol. The monoisotopic (exact) mass is 78.0 g/mol. The first-order valence-electron chi connectivity index (χ1n) is 1.78. The molecule has 0 radical (unpaired) electrons. The van der Waals surface area contributed by atoms with Crippen LogP contribution in [-0.2, 0) is 0 Å². The number of terminal acetylenes is 2. The average Bonchev–Trinajstić information content (AvgIpc) is 1.61. The second kappa shape index (κ2) is 4.12. The van der Waals surface area contributed by atoms with Crippen LogP contribution in [0.2, 0.25) is 0 Å². The van der Waals surface area contributed by atoms with Crippen LogP contribution in [0.3, 0.4) is 0 Å². The highest BCUT2D eigenvalue weighted by Crippen LogP contribution is 1.78. The van der Waals surface area contributed by atoms with E-state index in [0.29, 0.717) is 12.8 Å². The molecule has 0 amide bonds. The van der Waals surface area contributed by atoms with E-state index in [1.54, 1.807) is 0 Å². The maximum atomic E-state index is 4.87. The Morgan fingerprint density at radius 2 is 1.33 bits per heavy atom. The van der Waals surface area contributed by atoms with E-state index in [9.17, 15) is 0 Å². The Morgan fingerprint density at radius 1 is 1.00 bits per heavy atom. The molecule has 0 aromatic rings. The van der Waals surface area contributed by atoms with E-state index in [1.165, 1.54) is 0 Å². The van der Waals surface area contributed by atoms with Gasteiger partial charge >= 0.3 is 0 Å². The second-order valence-corrected chi connectivity index (χ2v) is 0.908. The zero-order chi connectivity index (χ0) is 4.83. The summed E-state index contributed by atoms with van der Waals surface area (Å²) in [5.41, 5.74) is 0. The fourth-order valence-electron chi connectivity index (χ4n) is 0.144. The first kappa shape index (κ1) is 5.12. The van der Waals surface area contributed by atoms with Crippen LogP contribution < -0.4 is 0 Å². The van der Waals surface area contributed by atoms with Crippen LogP contribution in [-0.4, -0.2) is 0 Å². The van der Waals surface area contributed by atoms with Gasteiger partial charge in [0.05, 0.1) is 0 Å². The molecule has 0 aliphatic carbocycles. The summed E-state index contributed by atoms with van der Waals surface area (Å²) < 4.78 is 0. The molecular formula is C6H6. The van der Waals surface area contributed by atoms with Crippen molar-refractivity contribution in [1.82, 2.24) is 0 Å². The Balaban J connectivity index is 2.78. The van der Waals surface area contributed by atoms with Gasteiger partial charge in [0.15, 0.2) is 0 Å². The van der Waals surface area contributed by atoms with Crippen LogP contribution in [0.4, 0.5) is 0 Å². The van der Waals surface area contributed by atoms with Crippen LogP contribution in [0.25, 0.3) is 0 Å². The second-order valence-electron chi connectivity index (χ2n) is 0.908. The van der Waals surface area contributed by atoms with Crippen molar-refractivity contribution in [3.63, 3.8) is 0 Å². The first-order valence-corrected chi connectivity index (χ1v) is 1.78. The maximum absolute atomic E-state index is 4.87. The predicted octanol–water partition coefficient (Wildman–Crippen LogP) is 1.03. The largest absolute Gasteiger partial charge is 0.120 e. The van der Waals surface area contributed by atoms with Gasteiger partial charge in [-0.2, -0.15) is 0 Å². The van der Waals surface area contributed by atoms with Crippen molar-refractivity contribution in [2.24, 2.45) is 0 Å². The molecule has 0 heteroatoms. The average molecular weight is 78.1 g/mol. The summed E-state index contributed by atoms with van der Waals surface area (Å²) in [4.78, 5) is 0. The number of rotatable bonds is 1. The number of unbranched alkanes of at least 4 members (excludes halogenated alkanes) is 1. The van der Waals surface area contributed by atoms with E-state index < -0.39 is 0 Å². The molecule has 0 rings (SSSR count). The minimum Gasteiger partial charge on any atom is -0.120 e. The van der Waals surface area contributed by atoms with Crippen molar-refractivity contribution in [2.45, 2.75) is 12.8 Å². The maximum Gasteiger partial charge on any atom is 0.0196 e. The summed E-state index contributed by atoms with van der Waals surface area (Å²) >= 11 is 0. The Kier molecular flexibility index (Phi) is 3.52. The Labute approximate surface area is 38.6 Å². The summed E-state index contributed by atoms with van der Waals surface area (Å²) in [5, 5.41) is 0. The highest BCUT2D eigenvalue weighted by atomic mass is 13.7. The molecule has 0 unspecified atom stereocenters. The van der Waals surface area contributed by atoms with Gasteiger partial charge in [-0.25, -0.2) is 0 Å². The predicted molar refractivity (Wildman–Crippen MR) is 26.9 cm³/mol. The topological polar surface area (TPSA) is 0 Å². The molecule has 0 nitrogen and oxygen atoms in total. The SMILES string of the molecule is C#CCCC#C. The normalized spacial score (nSPS) is 5.67. The highest BCUT2D eigenvalue weighted by Gasteiger charge is 1.66. The lowest BCUT2D eigenvalue weighted by atomic mass is 10.3. The molecule has 0 saturated carbocycles. The summed E-state index contributed by atoms with van der Waals surface area (Å²) in [5.74, 6) is 4.85. The summed E-state index contributed by atoms with van der Waals surface area (Å²) in [6.45, 7) is 0. The van der Waals surface area contributed by atoms with Crippen LogP contribution in [0, 0.1) is 24.7 Å². The van der Waals surface area contributed by atoms with Crippen molar-refractivity contribution in [3.05, 3.63) is 0 Å². The van der Waals surface area contributed by atoms with Gasteiger partial charge in [-0.05, 0) is 0 Å². The van der Waals surface area contributed by atoms with Gasteiger partial charge in [-0.1, -0.05) is 0 Å². The lowest BCUT2D eigenvalue weighted by molar-refractivity contribution is 1.13. The van der Waals surface area contributed by atoms with E-state index in [1.807, 2.05) is 0 Å². The van der Waals surface area contributed by atoms with E-state index in [0.717, 1.165) is 0 Å². The van der Waals surface area contributed by atoms with Crippen LogP contribution in [0.5, 0.6) is 0 Å². The molecule has 0 fully saturated rings. The van der Waals surface area contributed by atoms with Gasteiger partial charge in [0, 0.05) is 12.8 Å². The Hall–Kier alpha value is -0.880. The van der Waals surface area contributed by atoms with E-state index in [2.05, 4.69) is 11.8 Å². The minimum atomic E-state index is 0.705. The molecule has 0 atom stereocenters. The quantitative estimate of drug-likeness (QED) is 0.324. The van der Waals surface area contributed by atoms with Crippen LogP contribution in [0.1, 0.15) is 12.8 Å². The number of hydrogen-bond donors (Lipinski definition) is 0. The van der Waals surface area contributed by atoms with Gasteiger partial charge in [0.1, 0.15) is 0 Å².